The highest BCUT2D eigenvalue weighted by molar-refractivity contribution is 6.42. The van der Waals surface area contributed by atoms with Crippen molar-refractivity contribution in [2.45, 2.75) is 32.4 Å². The molecule has 1 aromatic carbocycles. The van der Waals surface area contributed by atoms with E-state index < -0.39 is 5.60 Å². The van der Waals surface area contributed by atoms with Crippen molar-refractivity contribution in [2.24, 2.45) is 5.84 Å². The van der Waals surface area contributed by atoms with Crippen molar-refractivity contribution in [1.29, 1.82) is 0 Å². The van der Waals surface area contributed by atoms with Crippen LogP contribution in [-0.2, 0) is 4.74 Å². The summed E-state index contributed by atoms with van der Waals surface area (Å²) in [6.45, 7) is 6.45. The molecule has 0 aromatic heterocycles. The van der Waals surface area contributed by atoms with Gasteiger partial charge >= 0.3 is 0 Å². The van der Waals surface area contributed by atoms with Crippen LogP contribution in [-0.4, -0.2) is 12.2 Å². The van der Waals surface area contributed by atoms with Crippen molar-refractivity contribution >= 4 is 23.2 Å². The van der Waals surface area contributed by atoms with E-state index in [9.17, 15) is 0 Å². The van der Waals surface area contributed by atoms with Crippen LogP contribution in [0.25, 0.3) is 0 Å². The van der Waals surface area contributed by atoms with Crippen LogP contribution in [0.4, 0.5) is 0 Å². The van der Waals surface area contributed by atoms with Gasteiger partial charge in [-0.3, -0.25) is 11.3 Å². The Morgan fingerprint density at radius 2 is 2.06 bits per heavy atom. The van der Waals surface area contributed by atoms with E-state index in [4.69, 9.17) is 33.8 Å². The lowest BCUT2D eigenvalue weighted by Gasteiger charge is -2.34. The number of nitrogens with two attached hydrogens (primary N) is 1. The van der Waals surface area contributed by atoms with E-state index in [-0.39, 0.29) is 6.04 Å². The van der Waals surface area contributed by atoms with Gasteiger partial charge in [-0.05, 0) is 32.4 Å². The third kappa shape index (κ3) is 3.33. The molecule has 1 aromatic rings. The highest BCUT2D eigenvalue weighted by atomic mass is 35.5. The van der Waals surface area contributed by atoms with Crippen molar-refractivity contribution in [3.05, 3.63) is 33.8 Å². The van der Waals surface area contributed by atoms with Gasteiger partial charge in [-0.1, -0.05) is 35.3 Å². The molecule has 0 fully saturated rings. The van der Waals surface area contributed by atoms with Gasteiger partial charge < -0.3 is 4.74 Å². The van der Waals surface area contributed by atoms with E-state index in [1.807, 2.05) is 32.9 Å². The zero-order chi connectivity index (χ0) is 13.1. The molecule has 3 nitrogen and oxygen atoms in total. The molecule has 0 spiro atoms. The lowest BCUT2D eigenvalue weighted by atomic mass is 9.92. The van der Waals surface area contributed by atoms with Crippen LogP contribution in [0.2, 0.25) is 10.0 Å². The van der Waals surface area contributed by atoms with Crippen LogP contribution in [0, 0.1) is 0 Å². The first-order valence-corrected chi connectivity index (χ1v) is 6.23. The second-order valence-electron chi connectivity index (χ2n) is 4.28. The monoisotopic (exact) mass is 276 g/mol. The van der Waals surface area contributed by atoms with Crippen LogP contribution < -0.4 is 11.3 Å². The van der Waals surface area contributed by atoms with E-state index in [1.54, 1.807) is 6.07 Å². The average molecular weight is 277 g/mol. The summed E-state index contributed by atoms with van der Waals surface area (Å²) < 4.78 is 5.69. The Morgan fingerprint density at radius 3 is 2.59 bits per heavy atom. The average Bonchev–Trinajstić information content (AvgIpc) is 2.24. The van der Waals surface area contributed by atoms with Crippen LogP contribution in [0.15, 0.2) is 18.2 Å². The van der Waals surface area contributed by atoms with E-state index in [0.29, 0.717) is 16.7 Å². The number of halogens is 2. The normalized spacial score (nSPS) is 13.8. The van der Waals surface area contributed by atoms with Crippen LogP contribution in [0.1, 0.15) is 32.4 Å². The predicted octanol–water partition coefficient (Wildman–Crippen LogP) is 3.31. The molecule has 0 radical (unpaired) electrons. The number of benzene rings is 1. The Morgan fingerprint density at radius 1 is 1.41 bits per heavy atom. The maximum Gasteiger partial charge on any atom is 0.0833 e. The van der Waals surface area contributed by atoms with E-state index >= 15 is 0 Å². The predicted molar refractivity (Wildman–Crippen MR) is 72.2 cm³/mol. The summed E-state index contributed by atoms with van der Waals surface area (Å²) in [5, 5.41) is 1.02. The molecule has 3 N–H and O–H groups in total. The Balaban J connectivity index is 3.13. The molecule has 0 amide bonds. The molecular formula is C12H18Cl2N2O. The first kappa shape index (κ1) is 14.7. The molecule has 5 heteroatoms. The van der Waals surface area contributed by atoms with Crippen LogP contribution in [0.5, 0.6) is 0 Å². The fourth-order valence-electron chi connectivity index (χ4n) is 1.86. The van der Waals surface area contributed by atoms with Crippen molar-refractivity contribution in [3.63, 3.8) is 0 Å². The van der Waals surface area contributed by atoms with Gasteiger partial charge in [-0.15, -0.1) is 0 Å². The first-order valence-electron chi connectivity index (χ1n) is 5.48. The molecule has 0 heterocycles. The Labute approximate surface area is 112 Å². The van der Waals surface area contributed by atoms with Gasteiger partial charge in [0, 0.05) is 6.61 Å². The maximum absolute atomic E-state index is 6.19. The number of hydrazine groups is 1. The number of rotatable bonds is 5. The smallest absolute Gasteiger partial charge is 0.0833 e. The van der Waals surface area contributed by atoms with E-state index in [2.05, 4.69) is 5.43 Å². The zero-order valence-electron chi connectivity index (χ0n) is 10.3. The Kier molecular flexibility index (Phi) is 5.22. The van der Waals surface area contributed by atoms with Gasteiger partial charge in [0.25, 0.3) is 0 Å². The molecular weight excluding hydrogens is 259 g/mol. The third-order valence-electron chi connectivity index (χ3n) is 2.67. The van der Waals surface area contributed by atoms with E-state index in [0.717, 1.165) is 5.56 Å². The maximum atomic E-state index is 6.19. The SMILES string of the molecule is CCOC(C)(C)C(NN)c1cccc(Cl)c1Cl. The Hall–Kier alpha value is -0.320. The van der Waals surface area contributed by atoms with Crippen LogP contribution in [0.3, 0.4) is 0 Å². The first-order chi connectivity index (χ1) is 7.94. The molecule has 17 heavy (non-hydrogen) atoms. The summed E-state index contributed by atoms with van der Waals surface area (Å²) in [5.74, 6) is 5.61. The van der Waals surface area contributed by atoms with Gasteiger partial charge in [-0.25, -0.2) is 0 Å². The highest BCUT2D eigenvalue weighted by Crippen LogP contribution is 2.35. The summed E-state index contributed by atoms with van der Waals surface area (Å²) in [6, 6.07) is 5.25. The molecule has 0 saturated carbocycles. The molecule has 0 aliphatic rings. The fourth-order valence-corrected chi connectivity index (χ4v) is 2.28. The lowest BCUT2D eigenvalue weighted by molar-refractivity contribution is -0.0392. The topological polar surface area (TPSA) is 47.3 Å². The molecule has 96 valence electrons. The summed E-state index contributed by atoms with van der Waals surface area (Å²) in [4.78, 5) is 0. The second-order valence-corrected chi connectivity index (χ2v) is 5.06. The Bertz CT molecular complexity index is 383. The summed E-state index contributed by atoms with van der Waals surface area (Å²) >= 11 is 12.2. The minimum atomic E-state index is -0.474. The van der Waals surface area contributed by atoms with Crippen LogP contribution >= 0.6 is 23.2 Å². The van der Waals surface area contributed by atoms with Crippen molar-refractivity contribution in [2.75, 3.05) is 6.61 Å². The number of ether oxygens (including phenoxy) is 1. The summed E-state index contributed by atoms with van der Waals surface area (Å²) in [5.41, 5.74) is 3.10. The van der Waals surface area contributed by atoms with Crippen molar-refractivity contribution in [1.82, 2.24) is 5.43 Å². The standard InChI is InChI=1S/C12H18Cl2N2O/c1-4-17-12(2,3)11(16-15)8-6-5-7-9(13)10(8)14/h5-7,11,16H,4,15H2,1-3H3. The van der Waals surface area contributed by atoms with Crippen molar-refractivity contribution < 1.29 is 4.74 Å². The number of hydrogen-bond acceptors (Lipinski definition) is 3. The summed E-state index contributed by atoms with van der Waals surface area (Å²) in [7, 11) is 0. The second kappa shape index (κ2) is 6.03. The minimum absolute atomic E-state index is 0.228. The molecule has 0 aliphatic carbocycles. The van der Waals surface area contributed by atoms with E-state index in [1.165, 1.54) is 0 Å². The third-order valence-corrected chi connectivity index (χ3v) is 3.50. The largest absolute Gasteiger partial charge is 0.374 e. The lowest BCUT2D eigenvalue weighted by Crippen LogP contribution is -2.44. The highest BCUT2D eigenvalue weighted by Gasteiger charge is 2.32. The fraction of sp³-hybridized carbons (Fsp3) is 0.500. The van der Waals surface area contributed by atoms with Gasteiger partial charge in [0.15, 0.2) is 0 Å². The molecule has 0 bridgehead atoms. The summed E-state index contributed by atoms with van der Waals surface area (Å²) in [6.07, 6.45) is 0. The van der Waals surface area contributed by atoms with Gasteiger partial charge in [-0.2, -0.15) is 0 Å². The molecule has 0 saturated heterocycles. The van der Waals surface area contributed by atoms with Gasteiger partial charge in [0.1, 0.15) is 0 Å². The number of nitrogens with one attached hydrogen (secondary N) is 1. The molecule has 0 aliphatic heterocycles. The molecule has 1 atom stereocenters. The quantitative estimate of drug-likeness (QED) is 0.641. The van der Waals surface area contributed by atoms with Gasteiger partial charge in [0.05, 0.1) is 21.7 Å². The molecule has 1 rings (SSSR count). The minimum Gasteiger partial charge on any atom is -0.374 e. The van der Waals surface area contributed by atoms with Gasteiger partial charge in [0.2, 0.25) is 0 Å². The van der Waals surface area contributed by atoms with Crippen molar-refractivity contribution in [3.8, 4) is 0 Å². The molecule has 1 unspecified atom stereocenters. The zero-order valence-corrected chi connectivity index (χ0v) is 11.8. The number of hydrogen-bond donors (Lipinski definition) is 2.